The van der Waals surface area contributed by atoms with Crippen molar-refractivity contribution in [3.05, 3.63) is 94.9 Å². The Kier molecular flexibility index (Phi) is 4.50. The van der Waals surface area contributed by atoms with Crippen LogP contribution in [0.2, 0.25) is 5.02 Å². The van der Waals surface area contributed by atoms with Crippen LogP contribution in [0.3, 0.4) is 0 Å². The van der Waals surface area contributed by atoms with Crippen LogP contribution in [0, 0.1) is 6.92 Å². The van der Waals surface area contributed by atoms with Crippen LogP contribution in [-0.4, -0.2) is 17.4 Å². The van der Waals surface area contributed by atoms with Crippen LogP contribution >= 0.6 is 11.6 Å². The molecule has 6 heteroatoms. The zero-order valence-corrected chi connectivity index (χ0v) is 16.2. The van der Waals surface area contributed by atoms with Gasteiger partial charge in [0.25, 0.3) is 10.0 Å². The van der Waals surface area contributed by atoms with E-state index in [4.69, 9.17) is 11.6 Å². The highest BCUT2D eigenvalue weighted by atomic mass is 35.5. The number of benzene rings is 2. The number of aromatic nitrogens is 2. The number of pyridine rings is 1. The maximum absolute atomic E-state index is 13.0. The first-order valence-corrected chi connectivity index (χ1v) is 10.3. The van der Waals surface area contributed by atoms with Crippen molar-refractivity contribution in [2.24, 2.45) is 0 Å². The molecule has 0 N–H and O–H groups in total. The quantitative estimate of drug-likeness (QED) is 0.496. The molecule has 4 aromatic rings. The summed E-state index contributed by atoms with van der Waals surface area (Å²) >= 11 is 6.35. The van der Waals surface area contributed by atoms with Crippen LogP contribution in [0.25, 0.3) is 10.9 Å². The third kappa shape index (κ3) is 3.36. The summed E-state index contributed by atoms with van der Waals surface area (Å²) in [5.74, 6) is 0. The van der Waals surface area contributed by atoms with Crippen LogP contribution in [0.4, 0.5) is 0 Å². The molecule has 0 fully saturated rings. The lowest BCUT2D eigenvalue weighted by Gasteiger charge is -2.09. The Morgan fingerprint density at radius 1 is 1.07 bits per heavy atom. The highest BCUT2D eigenvalue weighted by Crippen LogP contribution is 2.26. The second-order valence-electron chi connectivity index (χ2n) is 6.47. The summed E-state index contributed by atoms with van der Waals surface area (Å²) in [6.07, 6.45) is 5.12. The van der Waals surface area contributed by atoms with Gasteiger partial charge >= 0.3 is 0 Å². The predicted molar refractivity (Wildman–Crippen MR) is 108 cm³/mol. The summed E-state index contributed by atoms with van der Waals surface area (Å²) < 4.78 is 27.2. The Balaban J connectivity index is 1.78. The fourth-order valence-corrected chi connectivity index (χ4v) is 4.71. The van der Waals surface area contributed by atoms with Gasteiger partial charge in [-0.25, -0.2) is 12.4 Å². The van der Waals surface area contributed by atoms with Crippen molar-refractivity contribution in [3.8, 4) is 0 Å². The molecular formula is C21H17ClN2O2S. The second-order valence-corrected chi connectivity index (χ2v) is 8.69. The van der Waals surface area contributed by atoms with Gasteiger partial charge in [-0.15, -0.1) is 0 Å². The van der Waals surface area contributed by atoms with Gasteiger partial charge < -0.3 is 0 Å². The van der Waals surface area contributed by atoms with Crippen molar-refractivity contribution in [1.29, 1.82) is 0 Å². The molecule has 0 bridgehead atoms. The average Bonchev–Trinajstić information content (AvgIpc) is 3.09. The smallest absolute Gasteiger partial charge is 0.263 e. The Hall–Kier alpha value is -2.63. The van der Waals surface area contributed by atoms with Gasteiger partial charge in [0.1, 0.15) is 4.90 Å². The van der Waals surface area contributed by atoms with E-state index in [0.717, 1.165) is 22.1 Å². The van der Waals surface area contributed by atoms with Crippen molar-refractivity contribution in [2.75, 3.05) is 0 Å². The minimum Gasteiger partial charge on any atom is -0.263 e. The molecule has 0 aliphatic carbocycles. The van der Waals surface area contributed by atoms with E-state index in [1.807, 2.05) is 43.3 Å². The fraction of sp³-hybridized carbons (Fsp3) is 0.0952. The Morgan fingerprint density at radius 2 is 1.93 bits per heavy atom. The van der Waals surface area contributed by atoms with Crippen LogP contribution in [0.1, 0.15) is 16.7 Å². The molecule has 2 heterocycles. The van der Waals surface area contributed by atoms with Crippen molar-refractivity contribution in [3.63, 3.8) is 0 Å². The molecule has 0 unspecified atom stereocenters. The molecule has 2 aromatic heterocycles. The van der Waals surface area contributed by atoms with E-state index in [0.29, 0.717) is 17.0 Å². The van der Waals surface area contributed by atoms with Gasteiger partial charge in [-0.05, 0) is 60.4 Å². The number of fused-ring (bicyclic) bond motifs is 1. The van der Waals surface area contributed by atoms with Gasteiger partial charge in [0.2, 0.25) is 0 Å². The molecule has 4 nitrogen and oxygen atoms in total. The predicted octanol–water partition coefficient (Wildman–Crippen LogP) is 4.83. The molecular weight excluding hydrogens is 380 g/mol. The molecule has 27 heavy (non-hydrogen) atoms. The summed E-state index contributed by atoms with van der Waals surface area (Å²) in [5.41, 5.74) is 3.75. The fourth-order valence-electron chi connectivity index (χ4n) is 3.10. The maximum Gasteiger partial charge on any atom is 0.269 e. The molecule has 0 atom stereocenters. The molecule has 0 saturated carbocycles. The van der Waals surface area contributed by atoms with Crippen LogP contribution in [-0.2, 0) is 16.4 Å². The first-order chi connectivity index (χ1) is 12.9. The van der Waals surface area contributed by atoms with Gasteiger partial charge in [-0.1, -0.05) is 35.9 Å². The summed E-state index contributed by atoms with van der Waals surface area (Å²) in [6, 6.07) is 16.8. The van der Waals surface area contributed by atoms with Gasteiger partial charge in [0, 0.05) is 29.0 Å². The summed E-state index contributed by atoms with van der Waals surface area (Å²) in [6.45, 7) is 2.00. The Bertz CT molecular complexity index is 1230. The Labute approximate surface area is 163 Å². The molecule has 136 valence electrons. The minimum atomic E-state index is -3.70. The lowest BCUT2D eigenvalue weighted by Crippen LogP contribution is -2.12. The lowest BCUT2D eigenvalue weighted by atomic mass is 10.0. The lowest BCUT2D eigenvalue weighted by molar-refractivity contribution is 0.588. The molecule has 0 spiro atoms. The van der Waals surface area contributed by atoms with Gasteiger partial charge in [-0.3, -0.25) is 4.98 Å². The highest BCUT2D eigenvalue weighted by molar-refractivity contribution is 7.90. The number of nitrogens with zero attached hydrogens (tertiary/aromatic N) is 2. The number of hydrogen-bond donors (Lipinski definition) is 0. The van der Waals surface area contributed by atoms with Gasteiger partial charge in [0.05, 0.1) is 5.52 Å². The van der Waals surface area contributed by atoms with E-state index in [1.54, 1.807) is 30.6 Å². The Morgan fingerprint density at radius 3 is 2.67 bits per heavy atom. The van der Waals surface area contributed by atoms with E-state index in [-0.39, 0.29) is 4.90 Å². The molecule has 0 radical (unpaired) electrons. The van der Waals surface area contributed by atoms with Crippen LogP contribution in [0.5, 0.6) is 0 Å². The number of aryl methyl sites for hydroxylation is 1. The average molecular weight is 397 g/mol. The third-order valence-electron chi connectivity index (χ3n) is 4.52. The van der Waals surface area contributed by atoms with Gasteiger partial charge in [0.15, 0.2) is 0 Å². The minimum absolute atomic E-state index is 0.162. The van der Waals surface area contributed by atoms with Crippen molar-refractivity contribution in [1.82, 2.24) is 8.96 Å². The molecule has 0 aliphatic heterocycles. The summed E-state index contributed by atoms with van der Waals surface area (Å²) in [7, 11) is -3.70. The van der Waals surface area contributed by atoms with Gasteiger partial charge in [-0.2, -0.15) is 0 Å². The van der Waals surface area contributed by atoms with E-state index in [1.165, 1.54) is 10.2 Å². The van der Waals surface area contributed by atoms with Crippen LogP contribution < -0.4 is 0 Å². The van der Waals surface area contributed by atoms with E-state index in [9.17, 15) is 8.42 Å². The monoisotopic (exact) mass is 396 g/mol. The normalized spacial score (nSPS) is 11.8. The molecule has 0 aliphatic rings. The number of hydrogen-bond acceptors (Lipinski definition) is 3. The van der Waals surface area contributed by atoms with E-state index >= 15 is 0 Å². The first kappa shape index (κ1) is 17.8. The molecule has 0 amide bonds. The zero-order chi connectivity index (χ0) is 19.0. The van der Waals surface area contributed by atoms with Crippen molar-refractivity contribution < 1.29 is 8.42 Å². The van der Waals surface area contributed by atoms with Crippen molar-refractivity contribution >= 4 is 32.5 Å². The maximum atomic E-state index is 13.0. The summed E-state index contributed by atoms with van der Waals surface area (Å²) in [5, 5.41) is 1.58. The number of rotatable bonds is 4. The first-order valence-electron chi connectivity index (χ1n) is 8.46. The SMILES string of the molecule is Cc1ccc(Cc2ccc3ccn(S(=O)(=O)c4cccnc4)c3c2)c(Cl)c1. The molecule has 2 aromatic carbocycles. The molecule has 0 saturated heterocycles. The zero-order valence-electron chi connectivity index (χ0n) is 14.6. The highest BCUT2D eigenvalue weighted by Gasteiger charge is 2.19. The topological polar surface area (TPSA) is 52.0 Å². The third-order valence-corrected chi connectivity index (χ3v) is 6.54. The van der Waals surface area contributed by atoms with Crippen molar-refractivity contribution in [2.45, 2.75) is 18.2 Å². The largest absolute Gasteiger partial charge is 0.269 e. The number of halogens is 1. The van der Waals surface area contributed by atoms with E-state index < -0.39 is 10.0 Å². The molecule has 4 rings (SSSR count). The standard InChI is InChI=1S/C21H17ClN2O2S/c1-15-4-6-18(20(22)11-15)12-16-5-7-17-8-10-24(21(17)13-16)27(25,26)19-3-2-9-23-14-19/h2-11,13-14H,12H2,1H3. The van der Waals surface area contributed by atoms with Crippen LogP contribution in [0.15, 0.2) is 78.1 Å². The second kappa shape index (κ2) is 6.83. The summed E-state index contributed by atoms with van der Waals surface area (Å²) in [4.78, 5) is 4.09. The van der Waals surface area contributed by atoms with E-state index in [2.05, 4.69) is 4.98 Å².